The van der Waals surface area contributed by atoms with E-state index in [0.29, 0.717) is 18.1 Å². The Labute approximate surface area is 133 Å². The summed E-state index contributed by atoms with van der Waals surface area (Å²) < 4.78 is 17.0. The van der Waals surface area contributed by atoms with E-state index in [0.717, 1.165) is 37.8 Å². The third-order valence-corrected chi connectivity index (χ3v) is 5.75. The molecule has 0 radical (unpaired) electrons. The Bertz CT molecular complexity index is 518. The van der Waals surface area contributed by atoms with Crippen molar-refractivity contribution in [2.75, 3.05) is 5.75 Å². The number of carbonyl (C=O) groups is 1. The van der Waals surface area contributed by atoms with E-state index in [1.54, 1.807) is 0 Å². The molecule has 6 nitrogen and oxygen atoms in total. The van der Waals surface area contributed by atoms with Gasteiger partial charge in [0, 0.05) is 33.9 Å². The first-order valence-electron chi connectivity index (χ1n) is 7.98. The molecule has 3 atom stereocenters. The van der Waals surface area contributed by atoms with Crippen molar-refractivity contribution in [2.24, 2.45) is 0 Å². The van der Waals surface area contributed by atoms with E-state index >= 15 is 0 Å². The maximum absolute atomic E-state index is 11.9. The normalized spacial score (nSPS) is 23.0. The van der Waals surface area contributed by atoms with E-state index in [2.05, 4.69) is 15.8 Å². The highest BCUT2D eigenvalue weighted by Gasteiger charge is 2.26. The third-order valence-electron chi connectivity index (χ3n) is 4.01. The molecule has 1 aromatic rings. The summed E-state index contributed by atoms with van der Waals surface area (Å²) in [6, 6.07) is 1.75. The second-order valence-corrected chi connectivity index (χ2v) is 7.63. The zero-order valence-corrected chi connectivity index (χ0v) is 14.1. The topological polar surface area (TPSA) is 84.2 Å². The average Bonchev–Trinajstić information content (AvgIpc) is 3.00. The smallest absolute Gasteiger partial charge is 0.315 e. The van der Waals surface area contributed by atoms with Crippen molar-refractivity contribution >= 4 is 16.8 Å². The molecule has 0 saturated heterocycles. The van der Waals surface area contributed by atoms with E-state index in [1.807, 2.05) is 19.9 Å². The SMILES string of the molecule is CCc1cc(CNC(=O)N[C@@H]2CCC[C@@H]([S@@](=O)CC)C2)on1. The van der Waals surface area contributed by atoms with Gasteiger partial charge in [0.2, 0.25) is 0 Å². The van der Waals surface area contributed by atoms with Crippen LogP contribution in [0.25, 0.3) is 0 Å². The minimum Gasteiger partial charge on any atom is -0.359 e. The quantitative estimate of drug-likeness (QED) is 0.838. The van der Waals surface area contributed by atoms with Crippen LogP contribution in [0.2, 0.25) is 0 Å². The molecular formula is C15H25N3O3S. The molecule has 1 aromatic heterocycles. The van der Waals surface area contributed by atoms with Crippen LogP contribution in [0, 0.1) is 0 Å². The van der Waals surface area contributed by atoms with Crippen molar-refractivity contribution in [3.8, 4) is 0 Å². The van der Waals surface area contributed by atoms with Gasteiger partial charge in [0.1, 0.15) is 0 Å². The number of nitrogens with one attached hydrogen (secondary N) is 2. The zero-order valence-electron chi connectivity index (χ0n) is 13.3. The fraction of sp³-hybridized carbons (Fsp3) is 0.733. The van der Waals surface area contributed by atoms with Crippen LogP contribution < -0.4 is 10.6 Å². The van der Waals surface area contributed by atoms with Crippen LogP contribution in [0.5, 0.6) is 0 Å². The summed E-state index contributed by atoms with van der Waals surface area (Å²) in [7, 11) is -0.776. The molecule has 124 valence electrons. The predicted molar refractivity (Wildman–Crippen MR) is 86.0 cm³/mol. The summed E-state index contributed by atoms with van der Waals surface area (Å²) in [5, 5.41) is 9.85. The summed E-state index contributed by atoms with van der Waals surface area (Å²) in [5.41, 5.74) is 0.884. The molecule has 2 rings (SSSR count). The number of hydrogen-bond donors (Lipinski definition) is 2. The lowest BCUT2D eigenvalue weighted by Crippen LogP contribution is -2.45. The molecule has 1 fully saturated rings. The first-order chi connectivity index (χ1) is 10.6. The van der Waals surface area contributed by atoms with E-state index in [9.17, 15) is 9.00 Å². The minimum atomic E-state index is -0.776. The standard InChI is InChI=1S/C15H25N3O3S/c1-3-11-8-13(21-18-11)10-16-15(19)17-12-6-5-7-14(9-12)22(20)4-2/h8,12,14H,3-7,9-10H2,1-2H3,(H2,16,17,19)/t12-,14-,22+/m1/s1. The van der Waals surface area contributed by atoms with E-state index in [-0.39, 0.29) is 17.3 Å². The van der Waals surface area contributed by atoms with Gasteiger partial charge in [-0.3, -0.25) is 4.21 Å². The van der Waals surface area contributed by atoms with Gasteiger partial charge in [0.15, 0.2) is 5.76 Å². The average molecular weight is 327 g/mol. The van der Waals surface area contributed by atoms with Crippen molar-refractivity contribution in [1.29, 1.82) is 0 Å². The number of aryl methyl sites for hydroxylation is 1. The Kier molecular flexibility index (Phi) is 6.42. The van der Waals surface area contributed by atoms with Crippen LogP contribution in [0.15, 0.2) is 10.6 Å². The van der Waals surface area contributed by atoms with Crippen molar-refractivity contribution in [2.45, 2.75) is 63.8 Å². The Hall–Kier alpha value is -1.37. The van der Waals surface area contributed by atoms with E-state index < -0.39 is 10.8 Å². The van der Waals surface area contributed by atoms with Gasteiger partial charge in [-0.1, -0.05) is 25.4 Å². The number of amides is 2. The van der Waals surface area contributed by atoms with Crippen LogP contribution in [-0.2, 0) is 23.8 Å². The number of urea groups is 1. The van der Waals surface area contributed by atoms with Gasteiger partial charge in [-0.25, -0.2) is 4.79 Å². The predicted octanol–water partition coefficient (Wildman–Crippen LogP) is 2.12. The molecule has 0 aliphatic heterocycles. The minimum absolute atomic E-state index is 0.107. The van der Waals surface area contributed by atoms with E-state index in [1.165, 1.54) is 0 Å². The number of carbonyl (C=O) groups excluding carboxylic acids is 1. The third kappa shape index (κ3) is 4.83. The Morgan fingerprint density at radius 3 is 2.95 bits per heavy atom. The lowest BCUT2D eigenvalue weighted by atomic mass is 9.95. The van der Waals surface area contributed by atoms with Crippen molar-refractivity contribution in [3.05, 3.63) is 17.5 Å². The second kappa shape index (κ2) is 8.31. The highest BCUT2D eigenvalue weighted by molar-refractivity contribution is 7.85. The summed E-state index contributed by atoms with van der Waals surface area (Å²) in [5.74, 6) is 1.34. The Morgan fingerprint density at radius 1 is 1.45 bits per heavy atom. The van der Waals surface area contributed by atoms with Crippen LogP contribution in [0.4, 0.5) is 4.79 Å². The molecule has 1 aliphatic carbocycles. The second-order valence-electron chi connectivity index (χ2n) is 5.62. The molecule has 0 bridgehead atoms. The zero-order chi connectivity index (χ0) is 15.9. The molecule has 2 amide bonds. The molecular weight excluding hydrogens is 302 g/mol. The highest BCUT2D eigenvalue weighted by atomic mass is 32.2. The van der Waals surface area contributed by atoms with Gasteiger partial charge in [-0.15, -0.1) is 0 Å². The van der Waals surface area contributed by atoms with Crippen LogP contribution in [0.3, 0.4) is 0 Å². The molecule has 7 heteroatoms. The highest BCUT2D eigenvalue weighted by Crippen LogP contribution is 2.22. The lowest BCUT2D eigenvalue weighted by Gasteiger charge is -2.29. The molecule has 0 spiro atoms. The van der Waals surface area contributed by atoms with Crippen LogP contribution in [-0.4, -0.2) is 32.4 Å². The first-order valence-corrected chi connectivity index (χ1v) is 9.36. The number of hydrogen-bond acceptors (Lipinski definition) is 4. The Balaban J connectivity index is 1.75. The van der Waals surface area contributed by atoms with Gasteiger partial charge in [0.25, 0.3) is 0 Å². The van der Waals surface area contributed by atoms with Crippen LogP contribution >= 0.6 is 0 Å². The molecule has 1 aliphatic rings. The van der Waals surface area contributed by atoms with Crippen molar-refractivity contribution in [1.82, 2.24) is 15.8 Å². The first kappa shape index (κ1) is 17.0. The monoisotopic (exact) mass is 327 g/mol. The number of nitrogens with zero attached hydrogens (tertiary/aromatic N) is 1. The van der Waals surface area contributed by atoms with Crippen molar-refractivity contribution in [3.63, 3.8) is 0 Å². The summed E-state index contributed by atoms with van der Waals surface area (Å²) in [4.78, 5) is 11.9. The van der Waals surface area contributed by atoms with Crippen molar-refractivity contribution < 1.29 is 13.5 Å². The maximum Gasteiger partial charge on any atom is 0.315 e. The molecule has 2 N–H and O–H groups in total. The molecule has 1 saturated carbocycles. The fourth-order valence-corrected chi connectivity index (χ4v) is 4.11. The largest absolute Gasteiger partial charge is 0.359 e. The Morgan fingerprint density at radius 2 is 2.27 bits per heavy atom. The molecule has 22 heavy (non-hydrogen) atoms. The summed E-state index contributed by atoms with van der Waals surface area (Å²) in [6.07, 6.45) is 4.58. The van der Waals surface area contributed by atoms with E-state index in [4.69, 9.17) is 4.52 Å². The summed E-state index contributed by atoms with van der Waals surface area (Å²) >= 11 is 0. The van der Waals surface area contributed by atoms with Gasteiger partial charge in [0.05, 0.1) is 12.2 Å². The van der Waals surface area contributed by atoms with Gasteiger partial charge in [-0.2, -0.15) is 0 Å². The van der Waals surface area contributed by atoms with Gasteiger partial charge < -0.3 is 15.2 Å². The van der Waals surface area contributed by atoms with Crippen LogP contribution in [0.1, 0.15) is 51.0 Å². The van der Waals surface area contributed by atoms with Gasteiger partial charge >= 0.3 is 6.03 Å². The lowest BCUT2D eigenvalue weighted by molar-refractivity contribution is 0.231. The number of rotatable bonds is 6. The van der Waals surface area contributed by atoms with Gasteiger partial charge in [-0.05, 0) is 25.7 Å². The number of aromatic nitrogens is 1. The molecule has 0 aromatic carbocycles. The maximum atomic E-state index is 11.9. The molecule has 0 unspecified atom stereocenters. The molecule has 1 heterocycles. The fourth-order valence-electron chi connectivity index (χ4n) is 2.76. The summed E-state index contributed by atoms with van der Waals surface area (Å²) in [6.45, 7) is 4.28.